The first-order valence-corrected chi connectivity index (χ1v) is 12.4. The highest BCUT2D eigenvalue weighted by Crippen LogP contribution is 2.25. The number of carbonyl (C=O) groups is 1. The first-order valence-electron chi connectivity index (χ1n) is 12.4. The molecule has 0 saturated heterocycles. The fourth-order valence-corrected chi connectivity index (χ4v) is 2.67. The van der Waals surface area contributed by atoms with Crippen molar-refractivity contribution in [2.45, 2.75) is 87.7 Å². The minimum Gasteiger partial charge on any atom is -0.479 e. The van der Waals surface area contributed by atoms with E-state index in [0.717, 1.165) is 11.6 Å². The fraction of sp³-hybridized carbons (Fsp3) is 0.469. The molecule has 46 heavy (non-hydrogen) atoms. The molecule has 0 unspecified atom stereocenters. The SMILES string of the molecule is C.C.C.C.C=C[C@@H](OCc1ccccc1)C(F)(F)CN=[N+]=[N-].CC=C(C)C.[N-]=[N+]=NCC(F)(F)[C@H](OCc1ccccc1)C(=O)O. The number of nitrogens with zero attached hydrogens (tertiary/aromatic N) is 6. The summed E-state index contributed by atoms with van der Waals surface area (Å²) in [6, 6.07) is 17.3. The van der Waals surface area contributed by atoms with Crippen LogP contribution in [0, 0.1) is 0 Å². The number of carboxylic acid groups (broad SMARTS) is 1. The number of azide groups is 2. The molecule has 0 heterocycles. The summed E-state index contributed by atoms with van der Waals surface area (Å²) >= 11 is 0. The number of allylic oxidation sites excluding steroid dienone is 2. The van der Waals surface area contributed by atoms with E-state index in [1.165, 1.54) is 5.57 Å². The van der Waals surface area contributed by atoms with Crippen LogP contribution in [-0.4, -0.2) is 48.2 Å². The molecule has 0 amide bonds. The fourth-order valence-electron chi connectivity index (χ4n) is 2.67. The number of rotatable bonds is 14. The van der Waals surface area contributed by atoms with Crippen LogP contribution >= 0.6 is 0 Å². The second-order valence-electron chi connectivity index (χ2n) is 8.63. The number of hydrogen-bond donors (Lipinski definition) is 1. The van der Waals surface area contributed by atoms with E-state index in [2.05, 4.69) is 46.6 Å². The standard InChI is InChI=1S/C12H13F2N3O.C11H11F2N3O3.C5H10.4CH4/c1-2-11(12(13,14)9-16-17-15)18-8-10-6-4-3-5-7-10;12-11(13,7-15-16-14)9(10(17)18)19-6-8-4-2-1-3-5-8;1-4-5(2)3;;;;/h2-7,11H,1,8-9H2;1-5,9H,6-7H2,(H,17,18);4H,1-3H3;4*1H4/t11-;9-;;;;;/m11...../s1. The number of carboxylic acids is 1. The Labute approximate surface area is 271 Å². The molecule has 0 aliphatic rings. The van der Waals surface area contributed by atoms with Gasteiger partial charge in [-0.15, -0.1) is 6.58 Å². The van der Waals surface area contributed by atoms with E-state index >= 15 is 0 Å². The van der Waals surface area contributed by atoms with Gasteiger partial charge < -0.3 is 14.6 Å². The van der Waals surface area contributed by atoms with E-state index in [1.54, 1.807) is 54.6 Å². The molecule has 2 rings (SSSR count). The lowest BCUT2D eigenvalue weighted by Crippen LogP contribution is -2.44. The Morgan fingerprint density at radius 2 is 1.22 bits per heavy atom. The number of benzene rings is 2. The van der Waals surface area contributed by atoms with E-state index in [1.807, 2.05) is 13.0 Å². The monoisotopic (exact) mass is 658 g/mol. The summed E-state index contributed by atoms with van der Waals surface area (Å²) in [7, 11) is 0. The van der Waals surface area contributed by atoms with Crippen LogP contribution in [0.1, 0.15) is 61.6 Å². The maximum atomic E-state index is 13.5. The third kappa shape index (κ3) is 22.2. The van der Waals surface area contributed by atoms with Crippen molar-refractivity contribution in [2.75, 3.05) is 13.1 Å². The Morgan fingerprint density at radius 3 is 1.54 bits per heavy atom. The van der Waals surface area contributed by atoms with Gasteiger partial charge in [-0.25, -0.2) is 22.4 Å². The summed E-state index contributed by atoms with van der Waals surface area (Å²) in [5.41, 5.74) is 18.8. The van der Waals surface area contributed by atoms with Gasteiger partial charge in [0.05, 0.1) is 26.3 Å². The smallest absolute Gasteiger partial charge is 0.339 e. The van der Waals surface area contributed by atoms with Crippen LogP contribution in [0.25, 0.3) is 20.9 Å². The Morgan fingerprint density at radius 1 is 0.848 bits per heavy atom. The van der Waals surface area contributed by atoms with Gasteiger partial charge in [-0.2, -0.15) is 0 Å². The first-order chi connectivity index (χ1) is 19.8. The predicted octanol–water partition coefficient (Wildman–Crippen LogP) is 10.8. The average molecular weight is 659 g/mol. The van der Waals surface area contributed by atoms with Gasteiger partial charge in [0, 0.05) is 9.82 Å². The molecule has 260 valence electrons. The molecule has 0 saturated carbocycles. The van der Waals surface area contributed by atoms with Gasteiger partial charge in [-0.05, 0) is 43.0 Å². The topological polar surface area (TPSA) is 153 Å². The molecule has 2 aromatic carbocycles. The van der Waals surface area contributed by atoms with Gasteiger partial charge >= 0.3 is 5.97 Å². The van der Waals surface area contributed by atoms with Crippen molar-refractivity contribution in [3.05, 3.63) is 117 Å². The summed E-state index contributed by atoms with van der Waals surface area (Å²) in [4.78, 5) is 15.3. The van der Waals surface area contributed by atoms with E-state index in [-0.39, 0.29) is 42.9 Å². The number of hydrogen-bond acceptors (Lipinski definition) is 5. The molecule has 10 nitrogen and oxygen atoms in total. The maximum absolute atomic E-state index is 13.5. The Hall–Kier alpha value is -4.35. The van der Waals surface area contributed by atoms with E-state index < -0.39 is 43.1 Å². The zero-order chi connectivity index (χ0) is 32.0. The lowest BCUT2D eigenvalue weighted by atomic mass is 10.2. The van der Waals surface area contributed by atoms with Crippen LogP contribution < -0.4 is 0 Å². The van der Waals surface area contributed by atoms with Crippen molar-refractivity contribution in [3.8, 4) is 0 Å². The number of alkyl halides is 4. The third-order valence-electron chi connectivity index (χ3n) is 5.04. The minimum absolute atomic E-state index is 0. The summed E-state index contributed by atoms with van der Waals surface area (Å²) in [6.45, 7) is 7.06. The molecule has 0 aliphatic carbocycles. The maximum Gasteiger partial charge on any atom is 0.339 e. The van der Waals surface area contributed by atoms with E-state index in [9.17, 15) is 22.4 Å². The zero-order valence-electron chi connectivity index (χ0n) is 23.5. The molecule has 0 aliphatic heterocycles. The lowest BCUT2D eigenvalue weighted by molar-refractivity contribution is -0.180. The highest BCUT2D eigenvalue weighted by atomic mass is 19.3. The molecule has 0 bridgehead atoms. The van der Waals surface area contributed by atoms with Gasteiger partial charge in [-0.1, -0.05) is 118 Å². The molecule has 0 radical (unpaired) electrons. The number of aliphatic carboxylic acids is 1. The van der Waals surface area contributed by atoms with Crippen molar-refractivity contribution in [2.24, 2.45) is 10.2 Å². The second-order valence-corrected chi connectivity index (χ2v) is 8.63. The number of ether oxygens (including phenoxy) is 2. The van der Waals surface area contributed by atoms with Gasteiger partial charge in [0.15, 0.2) is 0 Å². The molecule has 14 heteroatoms. The average Bonchev–Trinajstić information content (AvgIpc) is 2.97. The van der Waals surface area contributed by atoms with Crippen molar-refractivity contribution in [1.29, 1.82) is 0 Å². The summed E-state index contributed by atoms with van der Waals surface area (Å²) in [5.74, 6) is -8.84. The van der Waals surface area contributed by atoms with Gasteiger partial charge in [0.1, 0.15) is 6.10 Å². The third-order valence-corrected chi connectivity index (χ3v) is 5.04. The summed E-state index contributed by atoms with van der Waals surface area (Å²) < 4.78 is 63.8. The largest absolute Gasteiger partial charge is 0.479 e. The van der Waals surface area contributed by atoms with Gasteiger partial charge in [-0.3, -0.25) is 0 Å². The minimum atomic E-state index is -3.77. The lowest BCUT2D eigenvalue weighted by Gasteiger charge is -2.22. The molecule has 0 aromatic heterocycles. The van der Waals surface area contributed by atoms with Crippen LogP contribution in [0.2, 0.25) is 0 Å². The molecule has 0 fully saturated rings. The van der Waals surface area contributed by atoms with Crippen LogP contribution in [0.5, 0.6) is 0 Å². The van der Waals surface area contributed by atoms with E-state index in [0.29, 0.717) is 5.56 Å². The van der Waals surface area contributed by atoms with Crippen molar-refractivity contribution < 1.29 is 36.9 Å². The van der Waals surface area contributed by atoms with Crippen LogP contribution in [0.4, 0.5) is 17.6 Å². The normalized spacial score (nSPS) is 10.8. The van der Waals surface area contributed by atoms with Crippen molar-refractivity contribution in [1.82, 2.24) is 0 Å². The highest BCUT2D eigenvalue weighted by Gasteiger charge is 2.45. The van der Waals surface area contributed by atoms with Crippen LogP contribution in [-0.2, 0) is 27.5 Å². The summed E-state index contributed by atoms with van der Waals surface area (Å²) in [5, 5.41) is 14.3. The van der Waals surface area contributed by atoms with Crippen LogP contribution in [0.15, 0.2) is 95.2 Å². The Bertz CT molecular complexity index is 1200. The Balaban J connectivity index is -0.000000197. The molecular weight excluding hydrogens is 608 g/mol. The molecule has 1 N–H and O–H groups in total. The van der Waals surface area contributed by atoms with Crippen molar-refractivity contribution >= 4 is 5.97 Å². The molecule has 2 atom stereocenters. The van der Waals surface area contributed by atoms with E-state index in [4.69, 9.17) is 25.6 Å². The van der Waals surface area contributed by atoms with Gasteiger partial charge in [0.25, 0.3) is 11.8 Å². The molecular formula is C32H50F4N6O4. The van der Waals surface area contributed by atoms with Gasteiger partial charge in [0.2, 0.25) is 6.10 Å². The predicted molar refractivity (Wildman–Crippen MR) is 178 cm³/mol. The second kappa shape index (κ2) is 28.1. The molecule has 0 spiro atoms. The number of halogens is 4. The molecule has 2 aromatic rings. The van der Waals surface area contributed by atoms with Crippen molar-refractivity contribution in [3.63, 3.8) is 0 Å². The highest BCUT2D eigenvalue weighted by molar-refractivity contribution is 5.73. The first kappa shape index (κ1) is 51.2. The zero-order valence-corrected chi connectivity index (χ0v) is 23.5. The summed E-state index contributed by atoms with van der Waals surface area (Å²) in [6.07, 6.45) is -0.753. The Kier molecular flexibility index (Phi) is 31.4. The quantitative estimate of drug-likeness (QED) is 0.0705. The van der Waals surface area contributed by atoms with Crippen LogP contribution in [0.3, 0.4) is 0 Å².